The van der Waals surface area contributed by atoms with Crippen molar-refractivity contribution < 1.29 is 23.9 Å². The first-order valence-electron chi connectivity index (χ1n) is 10.0. The number of carbonyl (C=O) groups excluding carboxylic acids is 3. The van der Waals surface area contributed by atoms with Gasteiger partial charge in [-0.15, -0.1) is 0 Å². The highest BCUT2D eigenvalue weighted by molar-refractivity contribution is 5.96. The molecule has 30 heavy (non-hydrogen) atoms. The Morgan fingerprint density at radius 2 is 1.67 bits per heavy atom. The zero-order valence-electron chi connectivity index (χ0n) is 17.4. The molecule has 0 unspecified atom stereocenters. The summed E-state index contributed by atoms with van der Waals surface area (Å²) >= 11 is 0. The predicted molar refractivity (Wildman–Crippen MR) is 113 cm³/mol. The number of hydrogen-bond acceptors (Lipinski definition) is 5. The van der Waals surface area contributed by atoms with Crippen molar-refractivity contribution in [3.63, 3.8) is 0 Å². The maximum Gasteiger partial charge on any atom is 0.325 e. The van der Waals surface area contributed by atoms with E-state index in [2.05, 4.69) is 10.6 Å². The molecular formula is C23H28N2O5. The molecule has 0 bridgehead atoms. The molecule has 0 aliphatic heterocycles. The zero-order valence-corrected chi connectivity index (χ0v) is 17.4. The standard InChI is InChI=1S/C23H28N2O5/c1-3-8-20(17-9-6-5-7-10-17)25-21(26)16-30-22(27)15-24-23(28)18-11-13-19(14-12-18)29-4-2/h5-7,9-14,20H,3-4,8,15-16H2,1-2H3,(H,24,28)(H,25,26)/t20-/m1/s1. The number of amides is 2. The minimum absolute atomic E-state index is 0.137. The fourth-order valence-corrected chi connectivity index (χ4v) is 2.85. The highest BCUT2D eigenvalue weighted by Gasteiger charge is 2.15. The van der Waals surface area contributed by atoms with Gasteiger partial charge in [0.2, 0.25) is 0 Å². The Labute approximate surface area is 176 Å². The number of esters is 1. The molecule has 2 amide bonds. The van der Waals surface area contributed by atoms with Gasteiger partial charge < -0.3 is 20.1 Å². The molecule has 0 radical (unpaired) electrons. The van der Waals surface area contributed by atoms with Crippen LogP contribution in [0.3, 0.4) is 0 Å². The molecule has 0 spiro atoms. The van der Waals surface area contributed by atoms with Gasteiger partial charge in [-0.2, -0.15) is 0 Å². The first-order valence-corrected chi connectivity index (χ1v) is 10.0. The van der Waals surface area contributed by atoms with Gasteiger partial charge in [0.25, 0.3) is 11.8 Å². The van der Waals surface area contributed by atoms with Crippen LogP contribution in [0.5, 0.6) is 5.75 Å². The van der Waals surface area contributed by atoms with E-state index in [-0.39, 0.29) is 18.5 Å². The lowest BCUT2D eigenvalue weighted by atomic mass is 10.0. The summed E-state index contributed by atoms with van der Waals surface area (Å²) in [6, 6.07) is 16.1. The van der Waals surface area contributed by atoms with E-state index in [1.54, 1.807) is 24.3 Å². The Hall–Kier alpha value is -3.35. The third-order valence-corrected chi connectivity index (χ3v) is 4.30. The van der Waals surface area contributed by atoms with Crippen LogP contribution in [0.1, 0.15) is 48.7 Å². The third-order valence-electron chi connectivity index (χ3n) is 4.30. The molecule has 0 saturated carbocycles. The highest BCUT2D eigenvalue weighted by atomic mass is 16.5. The van der Waals surface area contributed by atoms with Gasteiger partial charge in [-0.05, 0) is 43.2 Å². The smallest absolute Gasteiger partial charge is 0.325 e. The maximum absolute atomic E-state index is 12.2. The van der Waals surface area contributed by atoms with Crippen LogP contribution in [0.4, 0.5) is 0 Å². The second-order valence-electron chi connectivity index (χ2n) is 6.62. The molecule has 0 heterocycles. The summed E-state index contributed by atoms with van der Waals surface area (Å²) in [6.45, 7) is 3.73. The fraction of sp³-hybridized carbons (Fsp3) is 0.348. The van der Waals surface area contributed by atoms with E-state index in [1.807, 2.05) is 44.2 Å². The number of ether oxygens (including phenoxy) is 2. The van der Waals surface area contributed by atoms with E-state index < -0.39 is 18.5 Å². The van der Waals surface area contributed by atoms with Gasteiger partial charge in [-0.25, -0.2) is 0 Å². The summed E-state index contributed by atoms with van der Waals surface area (Å²) in [4.78, 5) is 36.1. The molecular weight excluding hydrogens is 384 g/mol. The van der Waals surface area contributed by atoms with Gasteiger partial charge >= 0.3 is 5.97 Å². The van der Waals surface area contributed by atoms with Crippen LogP contribution in [-0.4, -0.2) is 37.5 Å². The Kier molecular flexibility index (Phi) is 9.37. The largest absolute Gasteiger partial charge is 0.494 e. The van der Waals surface area contributed by atoms with Crippen molar-refractivity contribution >= 4 is 17.8 Å². The highest BCUT2D eigenvalue weighted by Crippen LogP contribution is 2.17. The molecule has 7 heteroatoms. The predicted octanol–water partition coefficient (Wildman–Crippen LogP) is 3.02. The number of hydrogen-bond donors (Lipinski definition) is 2. The average Bonchev–Trinajstić information content (AvgIpc) is 2.77. The molecule has 2 N–H and O–H groups in total. The maximum atomic E-state index is 12.2. The summed E-state index contributed by atoms with van der Waals surface area (Å²) < 4.78 is 10.3. The quantitative estimate of drug-likeness (QED) is 0.554. The van der Waals surface area contributed by atoms with Gasteiger partial charge in [0.15, 0.2) is 6.61 Å². The summed E-state index contributed by atoms with van der Waals surface area (Å²) in [6.07, 6.45) is 1.68. The van der Waals surface area contributed by atoms with Gasteiger partial charge in [-0.3, -0.25) is 14.4 Å². The molecule has 0 aliphatic carbocycles. The van der Waals surface area contributed by atoms with Crippen molar-refractivity contribution in [3.8, 4) is 5.75 Å². The lowest BCUT2D eigenvalue weighted by Gasteiger charge is -2.18. The summed E-state index contributed by atoms with van der Waals surface area (Å²) in [5.41, 5.74) is 1.40. The monoisotopic (exact) mass is 412 g/mol. The van der Waals surface area contributed by atoms with E-state index in [0.717, 1.165) is 18.4 Å². The van der Waals surface area contributed by atoms with Crippen molar-refractivity contribution in [1.82, 2.24) is 10.6 Å². The lowest BCUT2D eigenvalue weighted by molar-refractivity contribution is -0.147. The van der Waals surface area contributed by atoms with Gasteiger partial charge in [0.05, 0.1) is 12.6 Å². The van der Waals surface area contributed by atoms with E-state index in [0.29, 0.717) is 17.9 Å². The van der Waals surface area contributed by atoms with Gasteiger partial charge in [0, 0.05) is 5.56 Å². The first kappa shape index (κ1) is 22.9. The lowest BCUT2D eigenvalue weighted by Crippen LogP contribution is -2.35. The normalized spacial score (nSPS) is 11.3. The molecule has 0 saturated heterocycles. The van der Waals surface area contributed by atoms with Crippen LogP contribution in [0.25, 0.3) is 0 Å². The van der Waals surface area contributed by atoms with Crippen molar-refractivity contribution in [2.24, 2.45) is 0 Å². The van der Waals surface area contributed by atoms with Crippen LogP contribution in [0, 0.1) is 0 Å². The van der Waals surface area contributed by atoms with Crippen LogP contribution in [-0.2, 0) is 14.3 Å². The Balaban J connectivity index is 1.75. The molecule has 0 aromatic heterocycles. The van der Waals surface area contributed by atoms with Gasteiger partial charge in [0.1, 0.15) is 12.3 Å². The molecule has 2 aromatic carbocycles. The molecule has 0 aliphatic rings. The van der Waals surface area contributed by atoms with E-state index >= 15 is 0 Å². The summed E-state index contributed by atoms with van der Waals surface area (Å²) in [7, 11) is 0. The number of rotatable bonds is 11. The van der Waals surface area contributed by atoms with Gasteiger partial charge in [-0.1, -0.05) is 43.7 Å². The van der Waals surface area contributed by atoms with Crippen LogP contribution in [0.2, 0.25) is 0 Å². The number of benzene rings is 2. The SMILES string of the molecule is CCC[C@@H](NC(=O)COC(=O)CNC(=O)c1ccc(OCC)cc1)c1ccccc1. The molecule has 1 atom stereocenters. The average molecular weight is 412 g/mol. The van der Waals surface area contributed by atoms with Crippen LogP contribution in [0.15, 0.2) is 54.6 Å². The fourth-order valence-electron chi connectivity index (χ4n) is 2.85. The second-order valence-corrected chi connectivity index (χ2v) is 6.62. The van der Waals surface area contributed by atoms with Crippen molar-refractivity contribution in [3.05, 3.63) is 65.7 Å². The van der Waals surface area contributed by atoms with Crippen molar-refractivity contribution in [2.45, 2.75) is 32.7 Å². The third kappa shape index (κ3) is 7.58. The summed E-state index contributed by atoms with van der Waals surface area (Å²) in [5, 5.41) is 5.36. The van der Waals surface area contributed by atoms with Crippen LogP contribution < -0.4 is 15.4 Å². The zero-order chi connectivity index (χ0) is 21.8. The first-order chi connectivity index (χ1) is 14.5. The number of nitrogens with one attached hydrogen (secondary N) is 2. The van der Waals surface area contributed by atoms with Crippen LogP contribution >= 0.6 is 0 Å². The summed E-state index contributed by atoms with van der Waals surface area (Å²) in [5.74, 6) is -0.817. The van der Waals surface area contributed by atoms with E-state index in [4.69, 9.17) is 9.47 Å². The molecule has 7 nitrogen and oxygen atoms in total. The second kappa shape index (κ2) is 12.3. The van der Waals surface area contributed by atoms with Crippen molar-refractivity contribution in [1.29, 1.82) is 0 Å². The Morgan fingerprint density at radius 1 is 0.967 bits per heavy atom. The Bertz CT molecular complexity index is 821. The molecule has 2 aromatic rings. The van der Waals surface area contributed by atoms with E-state index in [9.17, 15) is 14.4 Å². The van der Waals surface area contributed by atoms with E-state index in [1.165, 1.54) is 0 Å². The molecule has 0 fully saturated rings. The minimum atomic E-state index is -0.684. The minimum Gasteiger partial charge on any atom is -0.494 e. The Morgan fingerprint density at radius 3 is 2.30 bits per heavy atom. The molecule has 2 rings (SSSR count). The molecule has 160 valence electrons. The topological polar surface area (TPSA) is 93.7 Å². The number of carbonyl (C=O) groups is 3. The van der Waals surface area contributed by atoms with Crippen molar-refractivity contribution in [2.75, 3.05) is 19.8 Å².